The summed E-state index contributed by atoms with van der Waals surface area (Å²) in [6.07, 6.45) is 11.9. The number of esters is 1. The van der Waals surface area contributed by atoms with E-state index in [1.165, 1.54) is 18.4 Å². The monoisotopic (exact) mass is 556 g/mol. The van der Waals surface area contributed by atoms with Crippen LogP contribution in [0.25, 0.3) is 5.57 Å². The van der Waals surface area contributed by atoms with E-state index in [2.05, 4.69) is 77.0 Å². The summed E-state index contributed by atoms with van der Waals surface area (Å²) in [5, 5.41) is 16.5. The Morgan fingerprint density at radius 1 is 1.23 bits per heavy atom. The number of carbonyl (C=O) groups is 1. The number of unbranched alkanes of at least 4 members (excludes halogenated alkanes) is 1. The van der Waals surface area contributed by atoms with Gasteiger partial charge in [0.05, 0.1) is 36.7 Å². The highest BCUT2D eigenvalue weighted by Gasteiger charge is 2.35. The van der Waals surface area contributed by atoms with E-state index in [9.17, 15) is 9.59 Å². The maximum absolute atomic E-state index is 13.7. The fourth-order valence-corrected chi connectivity index (χ4v) is 5.99. The molecule has 206 valence electrons. The summed E-state index contributed by atoms with van der Waals surface area (Å²) in [6, 6.07) is 10.1. The maximum Gasteiger partial charge on any atom is 0.339 e. The predicted octanol–water partition coefficient (Wildman–Crippen LogP) is 4.89. The first-order chi connectivity index (χ1) is 19.4. The Bertz CT molecular complexity index is 1600. The minimum absolute atomic E-state index is 0.0834. The van der Waals surface area contributed by atoms with Gasteiger partial charge in [0.1, 0.15) is 0 Å². The van der Waals surface area contributed by atoms with Crippen LogP contribution in [0.2, 0.25) is 0 Å². The molecule has 0 radical (unpaired) electrons. The summed E-state index contributed by atoms with van der Waals surface area (Å²) in [5.41, 5.74) is 4.79. The van der Waals surface area contributed by atoms with E-state index in [0.717, 1.165) is 58.8 Å². The van der Waals surface area contributed by atoms with Crippen LogP contribution in [-0.2, 0) is 29.5 Å². The van der Waals surface area contributed by atoms with Gasteiger partial charge in [0.15, 0.2) is 5.82 Å². The van der Waals surface area contributed by atoms with E-state index in [4.69, 9.17) is 9.72 Å². The maximum atomic E-state index is 13.7. The zero-order valence-electron chi connectivity index (χ0n) is 22.9. The molecule has 0 amide bonds. The summed E-state index contributed by atoms with van der Waals surface area (Å²) in [5.74, 6) is 0.320. The van der Waals surface area contributed by atoms with Crippen molar-refractivity contribution in [1.82, 2.24) is 30.2 Å². The standard InChI is InChI=1S/C30H32N6O3S/c1-4-5-9-25-23(27(37)36(19-31-25)18-26-22(14-16-40-26)28(38)39-3)17-20-10-12-21(13-11-20)24-8-6-7-15-30(24,2)29-32-34-35-33-29/h6-8,10-14,16,19H,4-5,9,15,17-18H2,1-3H3,(H,32,33,34,35). The van der Waals surface area contributed by atoms with Crippen LogP contribution in [0.4, 0.5) is 0 Å². The molecule has 3 aromatic heterocycles. The van der Waals surface area contributed by atoms with Crippen molar-refractivity contribution in [1.29, 1.82) is 0 Å². The molecule has 40 heavy (non-hydrogen) atoms. The van der Waals surface area contributed by atoms with Gasteiger partial charge in [-0.1, -0.05) is 55.8 Å². The Kier molecular flexibility index (Phi) is 8.16. The topological polar surface area (TPSA) is 116 Å². The second kappa shape index (κ2) is 11.9. The van der Waals surface area contributed by atoms with Crippen LogP contribution in [-0.4, -0.2) is 43.3 Å². The molecule has 5 rings (SSSR count). The zero-order valence-corrected chi connectivity index (χ0v) is 23.7. The van der Waals surface area contributed by atoms with Crippen molar-refractivity contribution in [2.45, 2.75) is 57.9 Å². The van der Waals surface area contributed by atoms with Crippen molar-refractivity contribution in [2.75, 3.05) is 7.11 Å². The summed E-state index contributed by atoms with van der Waals surface area (Å²) in [6.45, 7) is 4.53. The number of allylic oxidation sites excluding steroid dienone is 4. The molecule has 0 aliphatic heterocycles. The number of rotatable bonds is 10. The summed E-state index contributed by atoms with van der Waals surface area (Å²) in [7, 11) is 1.36. The largest absolute Gasteiger partial charge is 0.465 e. The first-order valence-corrected chi connectivity index (χ1v) is 14.2. The number of aromatic nitrogens is 6. The lowest BCUT2D eigenvalue weighted by atomic mass is 9.73. The molecule has 10 heteroatoms. The number of ether oxygens (including phenoxy) is 1. The highest BCUT2D eigenvalue weighted by atomic mass is 32.1. The number of hydrogen-bond acceptors (Lipinski definition) is 8. The van der Waals surface area contributed by atoms with Crippen LogP contribution in [0.5, 0.6) is 0 Å². The van der Waals surface area contributed by atoms with Crippen LogP contribution < -0.4 is 5.56 Å². The third kappa shape index (κ3) is 5.44. The lowest BCUT2D eigenvalue weighted by Gasteiger charge is -2.31. The Hall–Kier alpha value is -4.18. The summed E-state index contributed by atoms with van der Waals surface area (Å²) in [4.78, 5) is 31.4. The third-order valence-corrected chi connectivity index (χ3v) is 8.39. The zero-order chi connectivity index (χ0) is 28.1. The normalized spacial score (nSPS) is 16.6. The number of nitrogens with zero attached hydrogens (tertiary/aromatic N) is 5. The van der Waals surface area contributed by atoms with Gasteiger partial charge in [-0.15, -0.1) is 16.4 Å². The number of aryl methyl sites for hydroxylation is 1. The van der Waals surface area contributed by atoms with Gasteiger partial charge in [-0.05, 0) is 64.8 Å². The minimum atomic E-state index is -0.406. The number of tetrazole rings is 1. The van der Waals surface area contributed by atoms with Gasteiger partial charge < -0.3 is 4.74 Å². The van der Waals surface area contributed by atoms with Crippen molar-refractivity contribution in [2.24, 2.45) is 0 Å². The molecular formula is C30H32N6O3S. The fraction of sp³-hybridized carbons (Fsp3) is 0.333. The second-order valence-electron chi connectivity index (χ2n) is 10.1. The lowest BCUT2D eigenvalue weighted by Crippen LogP contribution is -2.27. The van der Waals surface area contributed by atoms with E-state index < -0.39 is 5.97 Å². The number of methoxy groups -OCH3 is 1. The minimum Gasteiger partial charge on any atom is -0.465 e. The van der Waals surface area contributed by atoms with Gasteiger partial charge in [-0.2, -0.15) is 0 Å². The van der Waals surface area contributed by atoms with Crippen LogP contribution >= 0.6 is 11.3 Å². The molecule has 0 spiro atoms. The number of nitrogens with one attached hydrogen (secondary N) is 1. The highest BCUT2D eigenvalue weighted by Crippen LogP contribution is 2.41. The Labute approximate surface area is 236 Å². The number of H-pyrrole nitrogens is 1. The van der Waals surface area contributed by atoms with Crippen molar-refractivity contribution in [3.05, 3.63) is 109 Å². The number of thiophene rings is 1. The Balaban J connectivity index is 1.44. The van der Waals surface area contributed by atoms with Gasteiger partial charge in [0.25, 0.3) is 5.56 Å². The van der Waals surface area contributed by atoms with Gasteiger partial charge in [0, 0.05) is 16.9 Å². The number of carbonyl (C=O) groups excluding carboxylic acids is 1. The molecule has 1 aliphatic rings. The van der Waals surface area contributed by atoms with E-state index in [0.29, 0.717) is 17.5 Å². The van der Waals surface area contributed by atoms with Crippen molar-refractivity contribution < 1.29 is 9.53 Å². The van der Waals surface area contributed by atoms with Crippen molar-refractivity contribution in [3.63, 3.8) is 0 Å². The number of aromatic amines is 1. The second-order valence-corrected chi connectivity index (χ2v) is 11.1. The Morgan fingerprint density at radius 3 is 2.77 bits per heavy atom. The third-order valence-electron chi connectivity index (χ3n) is 7.49. The van der Waals surface area contributed by atoms with Gasteiger partial charge in [0.2, 0.25) is 0 Å². The van der Waals surface area contributed by atoms with Crippen molar-refractivity contribution >= 4 is 22.9 Å². The molecule has 1 aliphatic carbocycles. The molecule has 0 saturated heterocycles. The quantitative estimate of drug-likeness (QED) is 0.277. The predicted molar refractivity (Wildman–Crippen MR) is 154 cm³/mol. The highest BCUT2D eigenvalue weighted by molar-refractivity contribution is 7.10. The van der Waals surface area contributed by atoms with Crippen LogP contribution in [0.15, 0.2) is 65.1 Å². The summed E-state index contributed by atoms with van der Waals surface area (Å²) < 4.78 is 6.49. The van der Waals surface area contributed by atoms with E-state index in [1.54, 1.807) is 17.0 Å². The van der Waals surface area contributed by atoms with Gasteiger partial charge in [-0.25, -0.2) is 14.9 Å². The van der Waals surface area contributed by atoms with E-state index in [1.807, 2.05) is 5.38 Å². The van der Waals surface area contributed by atoms with Crippen LogP contribution in [0, 0.1) is 0 Å². The molecular weight excluding hydrogens is 524 g/mol. The average Bonchev–Trinajstić information content (AvgIpc) is 3.68. The molecule has 0 bridgehead atoms. The number of benzene rings is 1. The van der Waals surface area contributed by atoms with Crippen LogP contribution in [0.1, 0.15) is 76.6 Å². The van der Waals surface area contributed by atoms with E-state index >= 15 is 0 Å². The van der Waals surface area contributed by atoms with Gasteiger partial charge >= 0.3 is 5.97 Å². The molecule has 1 unspecified atom stereocenters. The molecule has 0 fully saturated rings. The molecule has 0 saturated carbocycles. The fourth-order valence-electron chi connectivity index (χ4n) is 5.13. The number of hydrogen-bond donors (Lipinski definition) is 1. The molecule has 1 aromatic carbocycles. The van der Waals surface area contributed by atoms with Crippen LogP contribution in [0.3, 0.4) is 0 Å². The average molecular weight is 557 g/mol. The van der Waals surface area contributed by atoms with Gasteiger partial charge in [-0.3, -0.25) is 9.36 Å². The molecule has 1 N–H and O–H groups in total. The first-order valence-electron chi connectivity index (χ1n) is 13.4. The first kappa shape index (κ1) is 27.4. The molecule has 9 nitrogen and oxygen atoms in total. The van der Waals surface area contributed by atoms with E-state index in [-0.39, 0.29) is 17.5 Å². The molecule has 3 heterocycles. The Morgan fingerprint density at radius 2 is 2.05 bits per heavy atom. The molecule has 4 aromatic rings. The smallest absolute Gasteiger partial charge is 0.339 e. The molecule has 1 atom stereocenters. The SMILES string of the molecule is CCCCc1ncn(Cc2sccc2C(=O)OC)c(=O)c1Cc1ccc(C2=CC=CCC2(C)c2nnn[nH]2)cc1. The van der Waals surface area contributed by atoms with Crippen molar-refractivity contribution in [3.8, 4) is 0 Å². The summed E-state index contributed by atoms with van der Waals surface area (Å²) >= 11 is 1.43. The lowest BCUT2D eigenvalue weighted by molar-refractivity contribution is 0.0600.